The molecule has 0 saturated heterocycles. The maximum absolute atomic E-state index is 9.01. The van der Waals surface area contributed by atoms with E-state index in [2.05, 4.69) is 11.9 Å². The summed E-state index contributed by atoms with van der Waals surface area (Å²) in [6.07, 6.45) is 2.71. The minimum atomic E-state index is 0.00541. The number of nitrogens with zero attached hydrogens (tertiary/aromatic N) is 1. The number of aliphatic hydroxyl groups excluding tert-OH is 1. The minimum Gasteiger partial charge on any atom is -0.392 e. The summed E-state index contributed by atoms with van der Waals surface area (Å²) in [7, 11) is 2.09. The summed E-state index contributed by atoms with van der Waals surface area (Å²) in [5.41, 5.74) is 1.92. The molecule has 15 heavy (non-hydrogen) atoms. The topological polar surface area (TPSA) is 23.5 Å². The number of aliphatic hydroxyl groups is 1. The van der Waals surface area contributed by atoms with Crippen molar-refractivity contribution in [3.05, 3.63) is 28.8 Å². The van der Waals surface area contributed by atoms with E-state index in [0.29, 0.717) is 5.02 Å². The second-order valence-electron chi connectivity index (χ2n) is 4.26. The van der Waals surface area contributed by atoms with Gasteiger partial charge in [0.05, 0.1) is 6.61 Å². The quantitative estimate of drug-likeness (QED) is 0.852. The van der Waals surface area contributed by atoms with E-state index in [-0.39, 0.29) is 6.61 Å². The van der Waals surface area contributed by atoms with Gasteiger partial charge >= 0.3 is 0 Å². The number of hydrogen-bond acceptors (Lipinski definition) is 2. The maximum atomic E-state index is 9.01. The summed E-state index contributed by atoms with van der Waals surface area (Å²) in [5.74, 6) is 0.867. The Bertz CT molecular complexity index is 349. The lowest BCUT2D eigenvalue weighted by Crippen LogP contribution is -2.19. The molecule has 0 heterocycles. The first-order valence-corrected chi connectivity index (χ1v) is 5.69. The van der Waals surface area contributed by atoms with Gasteiger partial charge in [0.1, 0.15) is 0 Å². The van der Waals surface area contributed by atoms with Gasteiger partial charge in [0.15, 0.2) is 0 Å². The van der Waals surface area contributed by atoms with Crippen molar-refractivity contribution in [3.63, 3.8) is 0 Å². The Labute approximate surface area is 95.5 Å². The third-order valence-electron chi connectivity index (χ3n) is 2.88. The van der Waals surface area contributed by atoms with E-state index in [1.807, 2.05) is 18.2 Å². The number of halogens is 1. The van der Waals surface area contributed by atoms with Crippen molar-refractivity contribution in [2.45, 2.75) is 19.4 Å². The van der Waals surface area contributed by atoms with Crippen molar-refractivity contribution in [1.29, 1.82) is 0 Å². The van der Waals surface area contributed by atoms with Crippen LogP contribution in [0.25, 0.3) is 0 Å². The van der Waals surface area contributed by atoms with Crippen molar-refractivity contribution in [2.75, 3.05) is 18.5 Å². The average Bonchev–Trinajstić information content (AvgIpc) is 3.01. The van der Waals surface area contributed by atoms with Crippen LogP contribution in [0.15, 0.2) is 18.2 Å². The lowest BCUT2D eigenvalue weighted by atomic mass is 10.2. The summed E-state index contributed by atoms with van der Waals surface area (Å²) in [6.45, 7) is 1.11. The molecule has 0 amide bonds. The highest BCUT2D eigenvalue weighted by molar-refractivity contribution is 6.31. The smallest absolute Gasteiger partial charge is 0.0696 e. The van der Waals surface area contributed by atoms with Gasteiger partial charge < -0.3 is 10.0 Å². The van der Waals surface area contributed by atoms with E-state index in [1.165, 1.54) is 12.8 Å². The van der Waals surface area contributed by atoms with Gasteiger partial charge in [-0.25, -0.2) is 0 Å². The van der Waals surface area contributed by atoms with Crippen LogP contribution >= 0.6 is 11.6 Å². The Hall–Kier alpha value is -0.730. The molecule has 0 aromatic heterocycles. The first-order chi connectivity index (χ1) is 7.20. The zero-order chi connectivity index (χ0) is 10.8. The van der Waals surface area contributed by atoms with Crippen molar-refractivity contribution in [3.8, 4) is 0 Å². The molecule has 1 N–H and O–H groups in total. The van der Waals surface area contributed by atoms with Gasteiger partial charge in [-0.05, 0) is 36.5 Å². The zero-order valence-electron chi connectivity index (χ0n) is 8.91. The minimum absolute atomic E-state index is 0.00541. The van der Waals surface area contributed by atoms with E-state index in [9.17, 15) is 0 Å². The van der Waals surface area contributed by atoms with Crippen LogP contribution in [-0.2, 0) is 6.61 Å². The number of hydrogen-bond donors (Lipinski definition) is 1. The normalized spacial score (nSPS) is 15.4. The van der Waals surface area contributed by atoms with E-state index < -0.39 is 0 Å². The second kappa shape index (κ2) is 4.42. The van der Waals surface area contributed by atoms with Gasteiger partial charge in [0.25, 0.3) is 0 Å². The maximum Gasteiger partial charge on any atom is 0.0696 e. The third-order valence-corrected chi connectivity index (χ3v) is 3.23. The third kappa shape index (κ3) is 2.64. The van der Waals surface area contributed by atoms with Gasteiger partial charge in [0.2, 0.25) is 0 Å². The molecule has 0 atom stereocenters. The summed E-state index contributed by atoms with van der Waals surface area (Å²) in [4.78, 5) is 2.23. The van der Waals surface area contributed by atoms with E-state index in [1.54, 1.807) is 0 Å². The fourth-order valence-electron chi connectivity index (χ4n) is 1.70. The van der Waals surface area contributed by atoms with Crippen LogP contribution in [0.1, 0.15) is 18.4 Å². The molecule has 0 bridgehead atoms. The monoisotopic (exact) mass is 225 g/mol. The summed E-state index contributed by atoms with van der Waals surface area (Å²) in [6, 6.07) is 5.83. The predicted molar refractivity (Wildman–Crippen MR) is 63.4 cm³/mol. The highest BCUT2D eigenvalue weighted by Crippen LogP contribution is 2.31. The van der Waals surface area contributed by atoms with Gasteiger partial charge in [-0.15, -0.1) is 0 Å². The van der Waals surface area contributed by atoms with Crippen LogP contribution in [0.5, 0.6) is 0 Å². The summed E-state index contributed by atoms with van der Waals surface area (Å²) < 4.78 is 0. The highest BCUT2D eigenvalue weighted by atomic mass is 35.5. The molecule has 3 heteroatoms. The zero-order valence-corrected chi connectivity index (χ0v) is 9.67. The standard InChI is InChI=1S/C12H16ClNO/c1-14(7-9-2-3-9)11-5-4-10(8-15)12(13)6-11/h4-6,9,15H,2-3,7-8H2,1H3. The molecule has 1 fully saturated rings. The van der Waals surface area contributed by atoms with Crippen LogP contribution in [0.2, 0.25) is 5.02 Å². The van der Waals surface area contributed by atoms with Gasteiger partial charge in [-0.3, -0.25) is 0 Å². The van der Waals surface area contributed by atoms with Crippen LogP contribution in [0, 0.1) is 5.92 Å². The number of benzene rings is 1. The van der Waals surface area contributed by atoms with Crippen molar-refractivity contribution < 1.29 is 5.11 Å². The molecular weight excluding hydrogens is 210 g/mol. The van der Waals surface area contributed by atoms with E-state index in [4.69, 9.17) is 16.7 Å². The molecule has 1 aromatic carbocycles. The lowest BCUT2D eigenvalue weighted by Gasteiger charge is -2.19. The van der Waals surface area contributed by atoms with E-state index in [0.717, 1.165) is 23.7 Å². The van der Waals surface area contributed by atoms with Gasteiger partial charge in [-0.2, -0.15) is 0 Å². The van der Waals surface area contributed by atoms with Gasteiger partial charge in [-0.1, -0.05) is 17.7 Å². The molecule has 1 saturated carbocycles. The van der Waals surface area contributed by atoms with Crippen molar-refractivity contribution in [1.82, 2.24) is 0 Å². The molecular formula is C12H16ClNO. The molecule has 1 aliphatic rings. The Balaban J connectivity index is 2.09. The average molecular weight is 226 g/mol. The van der Waals surface area contributed by atoms with Crippen LogP contribution in [0.3, 0.4) is 0 Å². The van der Waals surface area contributed by atoms with E-state index >= 15 is 0 Å². The first kappa shape index (κ1) is 10.8. The molecule has 82 valence electrons. The fraction of sp³-hybridized carbons (Fsp3) is 0.500. The van der Waals surface area contributed by atoms with Crippen LogP contribution in [0.4, 0.5) is 5.69 Å². The Morgan fingerprint density at radius 3 is 2.73 bits per heavy atom. The molecule has 1 aliphatic carbocycles. The Kier molecular flexibility index (Phi) is 3.17. The summed E-state index contributed by atoms with van der Waals surface area (Å²) >= 11 is 6.04. The first-order valence-electron chi connectivity index (χ1n) is 5.31. The lowest BCUT2D eigenvalue weighted by molar-refractivity contribution is 0.282. The molecule has 0 radical (unpaired) electrons. The number of rotatable bonds is 4. The van der Waals surface area contributed by atoms with Crippen LogP contribution < -0.4 is 4.90 Å². The summed E-state index contributed by atoms with van der Waals surface area (Å²) in [5, 5.41) is 9.66. The molecule has 1 aromatic rings. The van der Waals surface area contributed by atoms with Gasteiger partial charge in [0, 0.05) is 24.3 Å². The van der Waals surface area contributed by atoms with Crippen molar-refractivity contribution >= 4 is 17.3 Å². The molecule has 0 aliphatic heterocycles. The SMILES string of the molecule is CN(CC1CC1)c1ccc(CO)c(Cl)c1. The fourth-order valence-corrected chi connectivity index (χ4v) is 1.93. The highest BCUT2D eigenvalue weighted by Gasteiger charge is 2.23. The predicted octanol–water partition coefficient (Wildman–Crippen LogP) is 2.68. The van der Waals surface area contributed by atoms with Crippen molar-refractivity contribution in [2.24, 2.45) is 5.92 Å². The van der Waals surface area contributed by atoms with Crippen LogP contribution in [-0.4, -0.2) is 18.7 Å². The molecule has 2 nitrogen and oxygen atoms in total. The Morgan fingerprint density at radius 1 is 1.47 bits per heavy atom. The molecule has 2 rings (SSSR count). The number of anilines is 1. The largest absolute Gasteiger partial charge is 0.392 e. The molecule has 0 unspecified atom stereocenters. The molecule has 0 spiro atoms. The Morgan fingerprint density at radius 2 is 2.20 bits per heavy atom. The second-order valence-corrected chi connectivity index (χ2v) is 4.66.